The molecule has 1 aromatic heterocycles. The Morgan fingerprint density at radius 3 is 2.37 bits per heavy atom. The highest BCUT2D eigenvalue weighted by Gasteiger charge is 2.20. The van der Waals surface area contributed by atoms with Gasteiger partial charge in [-0.3, -0.25) is 0 Å². The highest BCUT2D eigenvalue weighted by Crippen LogP contribution is 2.32. The van der Waals surface area contributed by atoms with Gasteiger partial charge in [0, 0.05) is 12.3 Å². The second-order valence-electron chi connectivity index (χ2n) is 5.88. The number of aryl methyl sites for hydroxylation is 1. The molecule has 0 saturated heterocycles. The van der Waals surface area contributed by atoms with Crippen LogP contribution in [0.5, 0.6) is 11.5 Å². The number of ether oxygens (including phenoxy) is 2. The first-order chi connectivity index (χ1) is 12.9. The van der Waals surface area contributed by atoms with Crippen molar-refractivity contribution in [1.82, 2.24) is 14.5 Å². The van der Waals surface area contributed by atoms with E-state index in [0.29, 0.717) is 22.8 Å². The van der Waals surface area contributed by atoms with Gasteiger partial charge in [0.25, 0.3) is 0 Å². The van der Waals surface area contributed by atoms with E-state index in [9.17, 15) is 8.42 Å². The zero-order chi connectivity index (χ0) is 19.4. The average Bonchev–Trinajstić information content (AvgIpc) is 3.16. The van der Waals surface area contributed by atoms with Crippen molar-refractivity contribution in [3.05, 3.63) is 66.0 Å². The molecule has 0 radical (unpaired) electrons. The molecule has 3 rings (SSSR count). The maximum Gasteiger partial charge on any atom is 0.241 e. The number of nitrogens with one attached hydrogen (secondary N) is 1. The molecular formula is C19H21N3O4S. The number of nitrogens with zero attached hydrogens (tertiary/aromatic N) is 2. The van der Waals surface area contributed by atoms with Gasteiger partial charge in [-0.25, -0.2) is 17.8 Å². The predicted molar refractivity (Wildman–Crippen MR) is 102 cm³/mol. The molecule has 0 spiro atoms. The van der Waals surface area contributed by atoms with Crippen molar-refractivity contribution >= 4 is 10.0 Å². The number of aromatic nitrogens is 2. The van der Waals surface area contributed by atoms with Gasteiger partial charge in [-0.1, -0.05) is 18.2 Å². The Balaban J connectivity index is 1.79. The predicted octanol–water partition coefficient (Wildman–Crippen LogP) is 2.68. The molecule has 0 aliphatic rings. The second-order valence-corrected chi connectivity index (χ2v) is 7.62. The Morgan fingerprint density at radius 1 is 1.04 bits per heavy atom. The zero-order valence-electron chi connectivity index (χ0n) is 15.3. The lowest BCUT2D eigenvalue weighted by Crippen LogP contribution is -2.24. The molecule has 1 N–H and O–H groups in total. The van der Waals surface area contributed by atoms with Crippen molar-refractivity contribution < 1.29 is 17.9 Å². The van der Waals surface area contributed by atoms with Gasteiger partial charge in [0.1, 0.15) is 0 Å². The Bertz CT molecular complexity index is 1030. The first kappa shape index (κ1) is 18.9. The summed E-state index contributed by atoms with van der Waals surface area (Å²) in [5.41, 5.74) is 2.08. The zero-order valence-corrected chi connectivity index (χ0v) is 16.2. The fraction of sp³-hybridized carbons (Fsp3) is 0.211. The number of rotatable bonds is 7. The van der Waals surface area contributed by atoms with Crippen molar-refractivity contribution in [3.8, 4) is 17.2 Å². The number of para-hydroxylation sites is 1. The molecule has 0 aliphatic carbocycles. The number of hydrogen-bond acceptors (Lipinski definition) is 5. The summed E-state index contributed by atoms with van der Waals surface area (Å²) in [4.78, 5) is 0.141. The van der Waals surface area contributed by atoms with E-state index in [4.69, 9.17) is 9.47 Å². The van der Waals surface area contributed by atoms with E-state index in [1.54, 1.807) is 29.9 Å². The third-order valence-electron chi connectivity index (χ3n) is 4.08. The first-order valence-electron chi connectivity index (χ1n) is 8.27. The molecule has 0 unspecified atom stereocenters. The molecule has 3 aromatic rings. The molecule has 0 amide bonds. The Kier molecular flexibility index (Phi) is 5.48. The quantitative estimate of drug-likeness (QED) is 0.674. The van der Waals surface area contributed by atoms with E-state index in [0.717, 1.165) is 5.69 Å². The van der Waals surface area contributed by atoms with Crippen LogP contribution in [0.25, 0.3) is 5.69 Å². The number of hydrogen-bond donors (Lipinski definition) is 1. The minimum atomic E-state index is -3.74. The van der Waals surface area contributed by atoms with Crippen LogP contribution in [0.2, 0.25) is 0 Å². The van der Waals surface area contributed by atoms with Crippen LogP contribution in [0.1, 0.15) is 11.3 Å². The summed E-state index contributed by atoms with van der Waals surface area (Å²) in [5.74, 6) is 0.840. The molecule has 8 heteroatoms. The maximum atomic E-state index is 12.7. The smallest absolute Gasteiger partial charge is 0.241 e. The van der Waals surface area contributed by atoms with Crippen LogP contribution < -0.4 is 14.2 Å². The highest BCUT2D eigenvalue weighted by molar-refractivity contribution is 7.89. The Hall–Kier alpha value is -2.84. The molecule has 0 bridgehead atoms. The molecule has 27 heavy (non-hydrogen) atoms. The van der Waals surface area contributed by atoms with Crippen molar-refractivity contribution in [2.45, 2.75) is 18.4 Å². The Morgan fingerprint density at radius 2 is 1.70 bits per heavy atom. The fourth-order valence-corrected chi connectivity index (χ4v) is 3.92. The Labute approximate surface area is 158 Å². The summed E-state index contributed by atoms with van der Waals surface area (Å²) < 4.78 is 40.2. The normalized spacial score (nSPS) is 11.4. The summed E-state index contributed by atoms with van der Waals surface area (Å²) in [7, 11) is -0.765. The molecule has 2 aromatic carbocycles. The van der Waals surface area contributed by atoms with Gasteiger partial charge in [0.15, 0.2) is 11.5 Å². The van der Waals surface area contributed by atoms with Gasteiger partial charge in [-0.2, -0.15) is 5.10 Å². The fourth-order valence-electron chi connectivity index (χ4n) is 2.68. The van der Waals surface area contributed by atoms with E-state index in [2.05, 4.69) is 9.82 Å². The van der Waals surface area contributed by atoms with Gasteiger partial charge in [-0.15, -0.1) is 0 Å². The minimum Gasteiger partial charge on any atom is -0.493 e. The number of sulfonamides is 1. The van der Waals surface area contributed by atoms with Crippen LogP contribution in [-0.4, -0.2) is 32.4 Å². The largest absolute Gasteiger partial charge is 0.493 e. The molecule has 142 valence electrons. The second kappa shape index (κ2) is 7.81. The third kappa shape index (κ3) is 4.12. The summed E-state index contributed by atoms with van der Waals surface area (Å²) in [6.07, 6.45) is 1.79. The van der Waals surface area contributed by atoms with Crippen LogP contribution in [0, 0.1) is 6.92 Å². The molecule has 0 saturated carbocycles. The molecular weight excluding hydrogens is 366 g/mol. The SMILES string of the molecule is COc1cc(C)c(S(=O)(=O)NCc2ccn(-c3ccccc3)n2)cc1OC. The van der Waals surface area contributed by atoms with Gasteiger partial charge in [0.2, 0.25) is 10.0 Å². The minimum absolute atomic E-state index is 0.0793. The lowest BCUT2D eigenvalue weighted by Gasteiger charge is -2.13. The van der Waals surface area contributed by atoms with E-state index in [1.165, 1.54) is 20.3 Å². The van der Waals surface area contributed by atoms with Crippen LogP contribution in [0.3, 0.4) is 0 Å². The van der Waals surface area contributed by atoms with Crippen molar-refractivity contribution in [2.75, 3.05) is 14.2 Å². The van der Waals surface area contributed by atoms with E-state index in [1.807, 2.05) is 30.3 Å². The lowest BCUT2D eigenvalue weighted by atomic mass is 10.2. The molecule has 0 fully saturated rings. The topological polar surface area (TPSA) is 82.5 Å². The van der Waals surface area contributed by atoms with E-state index < -0.39 is 10.0 Å². The highest BCUT2D eigenvalue weighted by atomic mass is 32.2. The maximum absolute atomic E-state index is 12.7. The first-order valence-corrected chi connectivity index (χ1v) is 9.75. The van der Waals surface area contributed by atoms with Gasteiger partial charge in [-0.05, 0) is 36.8 Å². The molecule has 7 nitrogen and oxygen atoms in total. The lowest BCUT2D eigenvalue weighted by molar-refractivity contribution is 0.353. The molecule has 0 aliphatic heterocycles. The monoisotopic (exact) mass is 387 g/mol. The van der Waals surface area contributed by atoms with E-state index >= 15 is 0 Å². The van der Waals surface area contributed by atoms with Crippen LogP contribution in [0.4, 0.5) is 0 Å². The van der Waals surface area contributed by atoms with Crippen LogP contribution >= 0.6 is 0 Å². The average molecular weight is 387 g/mol. The number of benzene rings is 2. The standard InChI is InChI=1S/C19H21N3O4S/c1-14-11-17(25-2)18(26-3)12-19(14)27(23,24)20-13-15-9-10-22(21-15)16-7-5-4-6-8-16/h4-12,20H,13H2,1-3H3. The summed E-state index contributed by atoms with van der Waals surface area (Å²) in [6.45, 7) is 1.79. The van der Waals surface area contributed by atoms with Gasteiger partial charge in [0.05, 0.1) is 37.0 Å². The van der Waals surface area contributed by atoms with Crippen molar-refractivity contribution in [3.63, 3.8) is 0 Å². The van der Waals surface area contributed by atoms with Crippen molar-refractivity contribution in [1.29, 1.82) is 0 Å². The summed E-state index contributed by atoms with van der Waals surface area (Å²) in [6, 6.07) is 14.5. The van der Waals surface area contributed by atoms with Gasteiger partial charge < -0.3 is 9.47 Å². The summed E-state index contributed by atoms with van der Waals surface area (Å²) >= 11 is 0. The van der Waals surface area contributed by atoms with Crippen LogP contribution in [-0.2, 0) is 16.6 Å². The third-order valence-corrected chi connectivity index (χ3v) is 5.62. The van der Waals surface area contributed by atoms with Crippen molar-refractivity contribution in [2.24, 2.45) is 0 Å². The van der Waals surface area contributed by atoms with E-state index in [-0.39, 0.29) is 11.4 Å². The van der Waals surface area contributed by atoms with Crippen LogP contribution in [0.15, 0.2) is 59.6 Å². The molecule has 1 heterocycles. The number of methoxy groups -OCH3 is 2. The molecule has 0 atom stereocenters. The summed E-state index contributed by atoms with van der Waals surface area (Å²) in [5, 5.41) is 4.41. The van der Waals surface area contributed by atoms with Gasteiger partial charge >= 0.3 is 0 Å².